The molecular weight excluding hydrogens is 139 g/mol. The summed E-state index contributed by atoms with van der Waals surface area (Å²) in [5.74, 6) is 0. The molecular formula is C9H15P. The summed E-state index contributed by atoms with van der Waals surface area (Å²) in [4.78, 5) is 0. The van der Waals surface area contributed by atoms with Crippen molar-refractivity contribution in [3.8, 4) is 0 Å². The van der Waals surface area contributed by atoms with E-state index in [1.807, 2.05) is 12.2 Å². The van der Waals surface area contributed by atoms with Gasteiger partial charge in [-0.3, -0.25) is 0 Å². The zero-order valence-corrected chi connectivity index (χ0v) is 7.86. The van der Waals surface area contributed by atoms with Crippen molar-refractivity contribution in [2.24, 2.45) is 0 Å². The van der Waals surface area contributed by atoms with Crippen LogP contribution in [0.3, 0.4) is 0 Å². The third kappa shape index (κ3) is 3.63. The zero-order chi connectivity index (χ0) is 7.98. The third-order valence-electron chi connectivity index (χ3n) is 1.22. The largest absolute Gasteiger partial charge is 0.0991 e. The fourth-order valence-electron chi connectivity index (χ4n) is 0.670. The monoisotopic (exact) mass is 154 g/mol. The minimum absolute atomic E-state index is 0.0509. The second kappa shape index (κ2) is 5.44. The Kier molecular flexibility index (Phi) is 5.25. The highest BCUT2D eigenvalue weighted by atomic mass is 31.1. The summed E-state index contributed by atoms with van der Waals surface area (Å²) in [6.45, 7) is 10.2. The maximum atomic E-state index is 3.62. The smallest absolute Gasteiger partial charge is 0.0288 e. The molecule has 0 spiro atoms. The minimum Gasteiger partial charge on any atom is -0.0991 e. The van der Waals surface area contributed by atoms with Crippen molar-refractivity contribution in [1.29, 1.82) is 0 Å². The van der Waals surface area contributed by atoms with Gasteiger partial charge in [-0.2, -0.15) is 0 Å². The van der Waals surface area contributed by atoms with E-state index in [2.05, 4.69) is 39.0 Å². The lowest BCUT2D eigenvalue weighted by Crippen LogP contribution is -1.71. The topological polar surface area (TPSA) is 0 Å². The number of rotatable bonds is 3. The van der Waals surface area contributed by atoms with Crippen molar-refractivity contribution < 1.29 is 0 Å². The molecule has 0 unspecified atom stereocenters. The van der Waals surface area contributed by atoms with Crippen LogP contribution in [0.5, 0.6) is 0 Å². The van der Waals surface area contributed by atoms with Gasteiger partial charge < -0.3 is 0 Å². The van der Waals surface area contributed by atoms with Crippen molar-refractivity contribution in [1.82, 2.24) is 0 Å². The Morgan fingerprint density at radius 3 is 2.30 bits per heavy atom. The molecule has 0 saturated carbocycles. The second-order valence-corrected chi connectivity index (χ2v) is 4.51. The molecule has 0 heterocycles. The van der Waals surface area contributed by atoms with Crippen LogP contribution < -0.4 is 0 Å². The van der Waals surface area contributed by atoms with Crippen molar-refractivity contribution in [3.05, 3.63) is 36.2 Å². The molecule has 0 aliphatic rings. The molecule has 0 aromatic rings. The summed E-state index contributed by atoms with van der Waals surface area (Å²) in [6, 6.07) is 0. The maximum Gasteiger partial charge on any atom is -0.0288 e. The summed E-state index contributed by atoms with van der Waals surface area (Å²) < 4.78 is 0. The van der Waals surface area contributed by atoms with E-state index in [0.717, 1.165) is 0 Å². The van der Waals surface area contributed by atoms with Gasteiger partial charge in [0.2, 0.25) is 0 Å². The van der Waals surface area contributed by atoms with E-state index >= 15 is 0 Å². The van der Waals surface area contributed by atoms with E-state index in [9.17, 15) is 0 Å². The lowest BCUT2D eigenvalue weighted by Gasteiger charge is -2.04. The van der Waals surface area contributed by atoms with Gasteiger partial charge in [-0.25, -0.2) is 0 Å². The van der Waals surface area contributed by atoms with Crippen LogP contribution in [0.15, 0.2) is 36.2 Å². The molecule has 0 N–H and O–H groups in total. The van der Waals surface area contributed by atoms with E-state index in [1.54, 1.807) is 0 Å². The SMILES string of the molecule is C=C/C=C\C(=C/C)P(C)C. The Bertz CT molecular complexity index is 152. The molecule has 0 radical (unpaired) electrons. The number of hydrogen-bond donors (Lipinski definition) is 0. The van der Waals surface area contributed by atoms with Crippen LogP contribution in [0, 0.1) is 0 Å². The first-order chi connectivity index (χ1) is 4.72. The van der Waals surface area contributed by atoms with Crippen LogP contribution in [-0.2, 0) is 0 Å². The van der Waals surface area contributed by atoms with Crippen LogP contribution in [0.1, 0.15) is 6.92 Å². The van der Waals surface area contributed by atoms with E-state index in [1.165, 1.54) is 5.31 Å². The molecule has 0 amide bonds. The molecule has 0 aromatic heterocycles. The van der Waals surface area contributed by atoms with Crippen LogP contribution in [0.4, 0.5) is 0 Å². The molecule has 0 bridgehead atoms. The minimum atomic E-state index is 0.0509. The van der Waals surface area contributed by atoms with Crippen LogP contribution in [0.25, 0.3) is 0 Å². The fourth-order valence-corrected chi connectivity index (χ4v) is 1.57. The first-order valence-corrected chi connectivity index (χ1v) is 5.58. The lowest BCUT2D eigenvalue weighted by atomic mass is 10.4. The molecule has 0 saturated heterocycles. The molecule has 0 aliphatic heterocycles. The average Bonchev–Trinajstić information content (AvgIpc) is 1.89. The molecule has 0 aliphatic carbocycles. The van der Waals surface area contributed by atoms with Gasteiger partial charge in [0.15, 0.2) is 0 Å². The summed E-state index contributed by atoms with van der Waals surface area (Å²) in [7, 11) is 0.0509. The summed E-state index contributed by atoms with van der Waals surface area (Å²) >= 11 is 0. The van der Waals surface area contributed by atoms with E-state index in [4.69, 9.17) is 0 Å². The van der Waals surface area contributed by atoms with Gasteiger partial charge in [0, 0.05) is 0 Å². The Labute approximate surface area is 65.1 Å². The molecule has 0 atom stereocenters. The summed E-state index contributed by atoms with van der Waals surface area (Å²) in [5.41, 5.74) is 0. The second-order valence-electron chi connectivity index (χ2n) is 2.20. The average molecular weight is 154 g/mol. The molecule has 0 fully saturated rings. The maximum absolute atomic E-state index is 3.62. The van der Waals surface area contributed by atoms with Crippen molar-refractivity contribution in [2.75, 3.05) is 13.3 Å². The van der Waals surface area contributed by atoms with Crippen LogP contribution in [-0.4, -0.2) is 13.3 Å². The Balaban J connectivity index is 4.10. The van der Waals surface area contributed by atoms with Gasteiger partial charge in [0.05, 0.1) is 0 Å². The highest BCUT2D eigenvalue weighted by Gasteiger charge is 1.93. The van der Waals surface area contributed by atoms with Gasteiger partial charge in [-0.1, -0.05) is 38.8 Å². The predicted molar refractivity (Wildman–Crippen MR) is 51.9 cm³/mol. The van der Waals surface area contributed by atoms with E-state index in [0.29, 0.717) is 0 Å². The van der Waals surface area contributed by atoms with Crippen LogP contribution in [0.2, 0.25) is 0 Å². The normalized spacial score (nSPS) is 13.0. The highest BCUT2D eigenvalue weighted by molar-refractivity contribution is 7.60. The van der Waals surface area contributed by atoms with Gasteiger partial charge in [0.25, 0.3) is 0 Å². The number of hydrogen-bond acceptors (Lipinski definition) is 0. The molecule has 0 rings (SSSR count). The Hall–Kier alpha value is -0.350. The third-order valence-corrected chi connectivity index (χ3v) is 2.66. The first-order valence-electron chi connectivity index (χ1n) is 3.35. The van der Waals surface area contributed by atoms with Crippen LogP contribution >= 0.6 is 7.92 Å². The molecule has 0 nitrogen and oxygen atoms in total. The summed E-state index contributed by atoms with van der Waals surface area (Å²) in [6.07, 6.45) is 8.07. The molecule has 0 aromatic carbocycles. The number of allylic oxidation sites excluding steroid dienone is 5. The first kappa shape index (κ1) is 9.65. The fraction of sp³-hybridized carbons (Fsp3) is 0.333. The molecule has 10 heavy (non-hydrogen) atoms. The van der Waals surface area contributed by atoms with Gasteiger partial charge in [-0.15, -0.1) is 0 Å². The quantitative estimate of drug-likeness (QED) is 0.432. The van der Waals surface area contributed by atoms with Crippen molar-refractivity contribution in [2.45, 2.75) is 6.92 Å². The van der Waals surface area contributed by atoms with E-state index < -0.39 is 0 Å². The van der Waals surface area contributed by atoms with Gasteiger partial charge >= 0.3 is 0 Å². The standard InChI is InChI=1S/C9H15P/c1-5-7-8-9(6-2)10(3)4/h5-8H,1H2,2-4H3/b8-7-,9-6+. The lowest BCUT2D eigenvalue weighted by molar-refractivity contribution is 1.68. The van der Waals surface area contributed by atoms with Gasteiger partial charge in [-0.05, 0) is 25.6 Å². The highest BCUT2D eigenvalue weighted by Crippen LogP contribution is 2.36. The van der Waals surface area contributed by atoms with E-state index in [-0.39, 0.29) is 7.92 Å². The summed E-state index contributed by atoms with van der Waals surface area (Å²) in [5, 5.41) is 1.43. The molecule has 56 valence electrons. The molecule has 1 heteroatoms. The van der Waals surface area contributed by atoms with Crippen molar-refractivity contribution in [3.63, 3.8) is 0 Å². The van der Waals surface area contributed by atoms with Crippen molar-refractivity contribution >= 4 is 7.92 Å². The Morgan fingerprint density at radius 1 is 1.40 bits per heavy atom. The van der Waals surface area contributed by atoms with Gasteiger partial charge in [0.1, 0.15) is 0 Å². The zero-order valence-electron chi connectivity index (χ0n) is 6.96. The Morgan fingerprint density at radius 2 is 2.00 bits per heavy atom. The predicted octanol–water partition coefficient (Wildman–Crippen LogP) is 3.37.